The maximum Gasteiger partial charge on any atom is 0.337 e. The first-order valence-electron chi connectivity index (χ1n) is 9.85. The Morgan fingerprint density at radius 2 is 1.62 bits per heavy atom. The number of hydrogen-bond acceptors (Lipinski definition) is 8. The molecule has 9 heteroatoms. The molecule has 4 heterocycles. The van der Waals surface area contributed by atoms with Crippen LogP contribution in [-0.2, 0) is 39.8 Å². The van der Waals surface area contributed by atoms with Gasteiger partial charge < -0.3 is 28.6 Å². The minimum absolute atomic E-state index is 0.147. The molecular weight excluding hydrogens is 380 g/mol. The van der Waals surface area contributed by atoms with Gasteiger partial charge in [0, 0.05) is 13.1 Å². The monoisotopic (exact) mass is 404 g/mol. The molecule has 5 rings (SSSR count). The standard InChI is InChI=1S/C20H24N2O7/c1-25-20(24)18-14-9-22(11-16(27-14)29-18)19(23)17-13-8-21(10-15(26-13)28-17)7-12-5-3-2-4-6-12/h2-6,13-18H,7-11H2,1H3/t13-,14-,15-,16-,17+,18+/m0/s1. The van der Waals surface area contributed by atoms with E-state index in [0.29, 0.717) is 13.1 Å². The number of rotatable bonds is 4. The van der Waals surface area contributed by atoms with Crippen molar-refractivity contribution >= 4 is 11.9 Å². The van der Waals surface area contributed by atoms with E-state index in [1.807, 2.05) is 18.2 Å². The molecule has 1 amide bonds. The molecule has 0 aromatic heterocycles. The van der Waals surface area contributed by atoms with E-state index in [1.165, 1.54) is 12.7 Å². The van der Waals surface area contributed by atoms with Crippen LogP contribution in [0.25, 0.3) is 0 Å². The second-order valence-electron chi connectivity index (χ2n) is 7.77. The topological polar surface area (TPSA) is 86.8 Å². The molecule has 4 aliphatic rings. The SMILES string of the molecule is COC(=O)[C@@H]1O[C@H]2CN(C(=O)[C@@H]3O[C@H]4CN(Cc5ccccc5)C[C@@H]3O4)C[C@@H]1O2. The van der Waals surface area contributed by atoms with Crippen LogP contribution in [0.4, 0.5) is 0 Å². The Balaban J connectivity index is 1.22. The highest BCUT2D eigenvalue weighted by atomic mass is 16.8. The van der Waals surface area contributed by atoms with Gasteiger partial charge in [-0.3, -0.25) is 9.69 Å². The van der Waals surface area contributed by atoms with Crippen LogP contribution in [0.3, 0.4) is 0 Å². The van der Waals surface area contributed by atoms with Gasteiger partial charge in [-0.15, -0.1) is 0 Å². The maximum atomic E-state index is 13.1. The normalized spacial score (nSPS) is 36.2. The lowest BCUT2D eigenvalue weighted by Gasteiger charge is -2.33. The maximum absolute atomic E-state index is 13.1. The van der Waals surface area contributed by atoms with E-state index in [2.05, 4.69) is 17.0 Å². The molecule has 4 bridgehead atoms. The predicted molar refractivity (Wildman–Crippen MR) is 97.4 cm³/mol. The van der Waals surface area contributed by atoms with E-state index in [-0.39, 0.29) is 25.1 Å². The van der Waals surface area contributed by atoms with E-state index in [0.717, 1.165) is 6.54 Å². The van der Waals surface area contributed by atoms with Crippen LogP contribution in [0.2, 0.25) is 0 Å². The van der Waals surface area contributed by atoms with Gasteiger partial charge in [0.25, 0.3) is 5.91 Å². The Morgan fingerprint density at radius 1 is 0.931 bits per heavy atom. The van der Waals surface area contributed by atoms with E-state index in [9.17, 15) is 9.59 Å². The summed E-state index contributed by atoms with van der Waals surface area (Å²) in [6, 6.07) is 10.2. The van der Waals surface area contributed by atoms with Crippen molar-refractivity contribution in [3.05, 3.63) is 35.9 Å². The number of morpholine rings is 2. The van der Waals surface area contributed by atoms with Crippen molar-refractivity contribution in [2.24, 2.45) is 0 Å². The first-order valence-corrected chi connectivity index (χ1v) is 9.85. The van der Waals surface area contributed by atoms with Crippen LogP contribution in [0, 0.1) is 0 Å². The van der Waals surface area contributed by atoms with Crippen molar-refractivity contribution in [1.29, 1.82) is 0 Å². The number of ether oxygens (including phenoxy) is 5. The van der Waals surface area contributed by atoms with Crippen molar-refractivity contribution in [3.8, 4) is 0 Å². The van der Waals surface area contributed by atoms with Gasteiger partial charge in [-0.1, -0.05) is 30.3 Å². The summed E-state index contributed by atoms with van der Waals surface area (Å²) in [6.45, 7) is 2.56. The summed E-state index contributed by atoms with van der Waals surface area (Å²) < 4.78 is 27.8. The molecule has 0 spiro atoms. The minimum Gasteiger partial charge on any atom is -0.467 e. The lowest BCUT2D eigenvalue weighted by atomic mass is 10.1. The molecule has 0 N–H and O–H groups in total. The van der Waals surface area contributed by atoms with Gasteiger partial charge in [-0.2, -0.15) is 0 Å². The number of amides is 1. The summed E-state index contributed by atoms with van der Waals surface area (Å²) in [5.41, 5.74) is 1.22. The van der Waals surface area contributed by atoms with E-state index < -0.39 is 36.9 Å². The largest absolute Gasteiger partial charge is 0.467 e. The molecule has 1 aromatic carbocycles. The van der Waals surface area contributed by atoms with E-state index >= 15 is 0 Å². The molecule has 1 aromatic rings. The lowest BCUT2D eigenvalue weighted by molar-refractivity contribution is -0.161. The van der Waals surface area contributed by atoms with Crippen molar-refractivity contribution < 1.29 is 33.3 Å². The zero-order chi connectivity index (χ0) is 20.0. The summed E-state index contributed by atoms with van der Waals surface area (Å²) in [5.74, 6) is -0.633. The number of benzene rings is 1. The second-order valence-corrected chi connectivity index (χ2v) is 7.77. The smallest absolute Gasteiger partial charge is 0.337 e. The molecule has 4 saturated heterocycles. The Hall–Kier alpha value is -2.04. The van der Waals surface area contributed by atoms with Gasteiger partial charge in [0.1, 0.15) is 12.2 Å². The summed E-state index contributed by atoms with van der Waals surface area (Å²) in [4.78, 5) is 28.9. The van der Waals surface area contributed by atoms with Crippen LogP contribution in [-0.4, -0.2) is 92.0 Å². The third-order valence-corrected chi connectivity index (χ3v) is 5.78. The zero-order valence-electron chi connectivity index (χ0n) is 16.1. The molecule has 4 fully saturated rings. The number of nitrogens with zero attached hydrogens (tertiary/aromatic N) is 2. The van der Waals surface area contributed by atoms with Gasteiger partial charge >= 0.3 is 5.97 Å². The number of hydrogen-bond donors (Lipinski definition) is 0. The molecular formula is C20H24N2O7. The molecule has 29 heavy (non-hydrogen) atoms. The average Bonchev–Trinajstić information content (AvgIpc) is 3.21. The number of esters is 1. The van der Waals surface area contributed by atoms with Crippen LogP contribution in [0.5, 0.6) is 0 Å². The molecule has 6 atom stereocenters. The van der Waals surface area contributed by atoms with Crippen LogP contribution < -0.4 is 0 Å². The summed E-state index contributed by atoms with van der Waals surface area (Å²) in [7, 11) is 1.31. The van der Waals surface area contributed by atoms with Crippen molar-refractivity contribution in [3.63, 3.8) is 0 Å². The number of carbonyl (C=O) groups is 2. The van der Waals surface area contributed by atoms with E-state index in [1.54, 1.807) is 4.90 Å². The van der Waals surface area contributed by atoms with Crippen LogP contribution in [0.1, 0.15) is 5.56 Å². The second kappa shape index (κ2) is 7.66. The third-order valence-electron chi connectivity index (χ3n) is 5.78. The van der Waals surface area contributed by atoms with Gasteiger partial charge in [-0.25, -0.2) is 4.79 Å². The molecule has 0 aliphatic carbocycles. The molecule has 9 nitrogen and oxygen atoms in total. The van der Waals surface area contributed by atoms with Crippen molar-refractivity contribution in [1.82, 2.24) is 9.80 Å². The average molecular weight is 404 g/mol. The van der Waals surface area contributed by atoms with Gasteiger partial charge in [-0.05, 0) is 5.56 Å². The predicted octanol–water partition coefficient (Wildman–Crippen LogP) is -0.262. The minimum atomic E-state index is -0.802. The lowest BCUT2D eigenvalue weighted by Crippen LogP contribution is -2.53. The molecule has 0 unspecified atom stereocenters. The van der Waals surface area contributed by atoms with Crippen molar-refractivity contribution in [2.75, 3.05) is 33.3 Å². The Kier molecular flexibility index (Phi) is 5.00. The highest BCUT2D eigenvalue weighted by Gasteiger charge is 2.52. The summed E-state index contributed by atoms with van der Waals surface area (Å²) in [6.07, 6.45) is -3.34. The number of carbonyl (C=O) groups excluding carboxylic acids is 2. The quantitative estimate of drug-likeness (QED) is 0.635. The molecule has 156 valence electrons. The molecule has 0 saturated carbocycles. The van der Waals surface area contributed by atoms with Crippen LogP contribution in [0.15, 0.2) is 30.3 Å². The van der Waals surface area contributed by atoms with Gasteiger partial charge in [0.15, 0.2) is 24.8 Å². The zero-order valence-corrected chi connectivity index (χ0v) is 16.1. The Labute approximate surface area is 168 Å². The fourth-order valence-electron chi connectivity index (χ4n) is 4.43. The molecule has 0 radical (unpaired) electrons. The first kappa shape index (κ1) is 19.0. The number of fused-ring (bicyclic) bond motifs is 4. The fraction of sp³-hybridized carbons (Fsp3) is 0.600. The first-order chi connectivity index (χ1) is 14.1. The fourth-order valence-corrected chi connectivity index (χ4v) is 4.43. The van der Waals surface area contributed by atoms with Gasteiger partial charge in [0.2, 0.25) is 0 Å². The highest BCUT2D eigenvalue weighted by Crippen LogP contribution is 2.31. The van der Waals surface area contributed by atoms with Crippen molar-refractivity contribution in [2.45, 2.75) is 43.5 Å². The highest BCUT2D eigenvalue weighted by molar-refractivity contribution is 5.82. The van der Waals surface area contributed by atoms with E-state index in [4.69, 9.17) is 23.7 Å². The Bertz CT molecular complexity index is 775. The van der Waals surface area contributed by atoms with Gasteiger partial charge in [0.05, 0.1) is 26.7 Å². The summed E-state index contributed by atoms with van der Waals surface area (Å²) >= 11 is 0. The summed E-state index contributed by atoms with van der Waals surface area (Å²) in [5, 5.41) is 0. The molecule has 4 aliphatic heterocycles. The van der Waals surface area contributed by atoms with Crippen LogP contribution >= 0.6 is 0 Å². The number of methoxy groups -OCH3 is 1. The Morgan fingerprint density at radius 3 is 2.38 bits per heavy atom. The third kappa shape index (κ3) is 3.64.